The molecule has 1 heterocycles. The lowest BCUT2D eigenvalue weighted by molar-refractivity contribution is -0.683. The van der Waals surface area contributed by atoms with Gasteiger partial charge in [-0.2, -0.15) is 4.57 Å². The third-order valence-corrected chi connectivity index (χ3v) is 4.45. The van der Waals surface area contributed by atoms with Gasteiger partial charge in [-0.25, -0.2) is 4.98 Å². The van der Waals surface area contributed by atoms with Gasteiger partial charge in [-0.1, -0.05) is 72.8 Å². The Hall–Kier alpha value is -3.66. The third-order valence-electron chi connectivity index (χ3n) is 4.45. The van der Waals surface area contributed by atoms with E-state index in [0.717, 1.165) is 10.8 Å². The molecule has 0 amide bonds. The first-order chi connectivity index (χ1) is 13.2. The standard InChI is InChI=1S/C23H17N2O2/c26-22(18-8-2-1-3-9-18)16-25-14-13-24-21(15-25)23(27)20-12-6-10-17-7-4-5-11-19(17)20/h1-15H,16H2/q+1. The molecule has 0 fully saturated rings. The summed E-state index contributed by atoms with van der Waals surface area (Å²) in [5.41, 5.74) is 1.56. The van der Waals surface area contributed by atoms with Crippen LogP contribution in [0.2, 0.25) is 0 Å². The molecule has 0 radical (unpaired) electrons. The minimum absolute atomic E-state index is 0.0182. The van der Waals surface area contributed by atoms with Crippen molar-refractivity contribution >= 4 is 22.3 Å². The van der Waals surface area contributed by atoms with E-state index in [2.05, 4.69) is 4.98 Å². The summed E-state index contributed by atoms with van der Waals surface area (Å²) in [4.78, 5) is 29.6. The molecule has 0 aliphatic carbocycles. The normalized spacial score (nSPS) is 10.7. The van der Waals surface area contributed by atoms with E-state index in [1.807, 2.05) is 54.6 Å². The quantitative estimate of drug-likeness (QED) is 0.407. The van der Waals surface area contributed by atoms with Crippen molar-refractivity contribution in [3.05, 3.63) is 108 Å². The number of ketones is 2. The van der Waals surface area contributed by atoms with Gasteiger partial charge in [-0.15, -0.1) is 0 Å². The Morgan fingerprint density at radius 2 is 1.59 bits per heavy atom. The van der Waals surface area contributed by atoms with Gasteiger partial charge in [0.2, 0.25) is 18.1 Å². The zero-order valence-electron chi connectivity index (χ0n) is 14.6. The lowest BCUT2D eigenvalue weighted by atomic mass is 10.00. The maximum Gasteiger partial charge on any atom is 0.227 e. The third kappa shape index (κ3) is 3.51. The first-order valence-electron chi connectivity index (χ1n) is 8.68. The van der Waals surface area contributed by atoms with E-state index in [4.69, 9.17) is 0 Å². The van der Waals surface area contributed by atoms with E-state index < -0.39 is 0 Å². The summed E-state index contributed by atoms with van der Waals surface area (Å²) in [6.07, 6.45) is 4.88. The molecule has 4 rings (SSSR count). The second kappa shape index (κ2) is 7.30. The molecule has 0 atom stereocenters. The number of rotatable bonds is 5. The highest BCUT2D eigenvalue weighted by Gasteiger charge is 2.18. The Morgan fingerprint density at radius 3 is 2.44 bits per heavy atom. The van der Waals surface area contributed by atoms with Gasteiger partial charge in [0.25, 0.3) is 0 Å². The Morgan fingerprint density at radius 1 is 0.852 bits per heavy atom. The number of hydrogen-bond donors (Lipinski definition) is 0. The van der Waals surface area contributed by atoms with E-state index in [0.29, 0.717) is 16.8 Å². The van der Waals surface area contributed by atoms with Gasteiger partial charge in [0.15, 0.2) is 18.1 Å². The van der Waals surface area contributed by atoms with Gasteiger partial charge in [0.1, 0.15) is 0 Å². The van der Waals surface area contributed by atoms with Crippen LogP contribution in [0.1, 0.15) is 26.4 Å². The maximum absolute atomic E-state index is 13.0. The van der Waals surface area contributed by atoms with Crippen LogP contribution in [-0.4, -0.2) is 16.6 Å². The van der Waals surface area contributed by atoms with Crippen LogP contribution in [0.25, 0.3) is 10.8 Å². The van der Waals surface area contributed by atoms with Crippen LogP contribution in [0.15, 0.2) is 91.4 Å². The number of Topliss-reactive ketones (excluding diaryl/α,β-unsaturated/α-hetero) is 1. The molecule has 0 saturated heterocycles. The molecule has 27 heavy (non-hydrogen) atoms. The zero-order valence-corrected chi connectivity index (χ0v) is 14.6. The number of hydrogen-bond acceptors (Lipinski definition) is 3. The van der Waals surface area contributed by atoms with Crippen molar-refractivity contribution in [3.63, 3.8) is 0 Å². The predicted octanol–water partition coefficient (Wildman–Crippen LogP) is 3.64. The van der Waals surface area contributed by atoms with E-state index in [-0.39, 0.29) is 18.1 Å². The SMILES string of the molecule is O=C(C[n+]1ccnc(C(=O)c2cccc3ccccc23)c1)c1ccccc1. The van der Waals surface area contributed by atoms with Gasteiger partial charge in [-0.05, 0) is 10.8 Å². The smallest absolute Gasteiger partial charge is 0.227 e. The zero-order chi connectivity index (χ0) is 18.6. The van der Waals surface area contributed by atoms with Crippen LogP contribution in [0.4, 0.5) is 0 Å². The average Bonchev–Trinajstić information content (AvgIpc) is 2.73. The molecular weight excluding hydrogens is 336 g/mol. The minimum atomic E-state index is -0.159. The molecule has 0 saturated carbocycles. The van der Waals surface area contributed by atoms with E-state index >= 15 is 0 Å². The van der Waals surface area contributed by atoms with E-state index in [9.17, 15) is 9.59 Å². The Bertz CT molecular complexity index is 1130. The molecule has 4 aromatic rings. The van der Waals surface area contributed by atoms with Crippen LogP contribution < -0.4 is 4.57 Å². The summed E-state index contributed by atoms with van der Waals surface area (Å²) in [6.45, 7) is 0.155. The van der Waals surface area contributed by atoms with Crippen molar-refractivity contribution in [2.24, 2.45) is 0 Å². The van der Waals surface area contributed by atoms with Crippen molar-refractivity contribution < 1.29 is 14.2 Å². The summed E-state index contributed by atoms with van der Waals surface area (Å²) in [5, 5.41) is 1.90. The van der Waals surface area contributed by atoms with Gasteiger partial charge in [0, 0.05) is 11.1 Å². The lowest BCUT2D eigenvalue weighted by Crippen LogP contribution is -2.38. The molecule has 1 aromatic heterocycles. The molecule has 0 bridgehead atoms. The second-order valence-corrected chi connectivity index (χ2v) is 6.26. The molecule has 4 heteroatoms. The lowest BCUT2D eigenvalue weighted by Gasteiger charge is -2.05. The molecular formula is C23H17N2O2+. The molecule has 0 aliphatic heterocycles. The molecule has 0 spiro atoms. The highest BCUT2D eigenvalue weighted by Crippen LogP contribution is 2.20. The largest absolute Gasteiger partial charge is 0.287 e. The summed E-state index contributed by atoms with van der Waals surface area (Å²) >= 11 is 0. The van der Waals surface area contributed by atoms with E-state index in [1.54, 1.807) is 41.4 Å². The first-order valence-corrected chi connectivity index (χ1v) is 8.68. The predicted molar refractivity (Wildman–Crippen MR) is 103 cm³/mol. The van der Waals surface area contributed by atoms with Crippen molar-refractivity contribution in [2.75, 3.05) is 0 Å². The topological polar surface area (TPSA) is 50.9 Å². The van der Waals surface area contributed by atoms with Crippen LogP contribution in [0, 0.1) is 0 Å². The monoisotopic (exact) mass is 353 g/mol. The van der Waals surface area contributed by atoms with Crippen LogP contribution in [0.3, 0.4) is 0 Å². The highest BCUT2D eigenvalue weighted by molar-refractivity contribution is 6.15. The van der Waals surface area contributed by atoms with Gasteiger partial charge in [-0.3, -0.25) is 9.59 Å². The Kier molecular flexibility index (Phi) is 4.54. The highest BCUT2D eigenvalue weighted by atomic mass is 16.1. The maximum atomic E-state index is 13.0. The fourth-order valence-electron chi connectivity index (χ4n) is 3.09. The molecule has 0 N–H and O–H groups in total. The van der Waals surface area contributed by atoms with Gasteiger partial charge >= 0.3 is 0 Å². The summed E-state index contributed by atoms with van der Waals surface area (Å²) < 4.78 is 1.70. The van der Waals surface area contributed by atoms with Crippen molar-refractivity contribution in [2.45, 2.75) is 6.54 Å². The average molecular weight is 353 g/mol. The fraction of sp³-hybridized carbons (Fsp3) is 0.0435. The second-order valence-electron chi connectivity index (χ2n) is 6.26. The first kappa shape index (κ1) is 16.8. The summed E-state index contributed by atoms with van der Waals surface area (Å²) in [5.74, 6) is -0.177. The summed E-state index contributed by atoms with van der Waals surface area (Å²) in [6, 6.07) is 22.5. The molecule has 0 aliphatic rings. The van der Waals surface area contributed by atoms with Crippen LogP contribution >= 0.6 is 0 Å². The van der Waals surface area contributed by atoms with Crippen molar-refractivity contribution in [3.8, 4) is 0 Å². The molecule has 4 nitrogen and oxygen atoms in total. The Balaban J connectivity index is 1.64. The minimum Gasteiger partial charge on any atom is -0.287 e. The van der Waals surface area contributed by atoms with Gasteiger partial charge in [0.05, 0.1) is 6.20 Å². The van der Waals surface area contributed by atoms with Crippen LogP contribution in [-0.2, 0) is 6.54 Å². The van der Waals surface area contributed by atoms with Crippen LogP contribution in [0.5, 0.6) is 0 Å². The number of carbonyl (C=O) groups excluding carboxylic acids is 2. The molecule has 3 aromatic carbocycles. The molecule has 130 valence electrons. The van der Waals surface area contributed by atoms with Gasteiger partial charge < -0.3 is 0 Å². The number of benzene rings is 3. The Labute approximate surface area is 156 Å². The number of nitrogens with zero attached hydrogens (tertiary/aromatic N) is 2. The number of aromatic nitrogens is 2. The fourth-order valence-corrected chi connectivity index (χ4v) is 3.09. The van der Waals surface area contributed by atoms with E-state index in [1.165, 1.54) is 0 Å². The van der Waals surface area contributed by atoms with Crippen molar-refractivity contribution in [1.82, 2.24) is 4.98 Å². The number of fused-ring (bicyclic) bond motifs is 1. The molecule has 0 unspecified atom stereocenters. The summed E-state index contributed by atoms with van der Waals surface area (Å²) in [7, 11) is 0. The van der Waals surface area contributed by atoms with Crippen molar-refractivity contribution in [1.29, 1.82) is 0 Å². The number of carbonyl (C=O) groups is 2.